The van der Waals surface area contributed by atoms with Gasteiger partial charge < -0.3 is 10.4 Å². The van der Waals surface area contributed by atoms with E-state index >= 15 is 0 Å². The molecule has 1 heterocycles. The summed E-state index contributed by atoms with van der Waals surface area (Å²) in [7, 11) is 1.80. The number of hydrogen-bond donors (Lipinski definition) is 3. The molecular weight excluding hydrogens is 292 g/mol. The maximum Gasteiger partial charge on any atom is 0.320 e. The number of urea groups is 1. The number of carbonyl (C=O) groups is 1. The van der Waals surface area contributed by atoms with E-state index in [2.05, 4.69) is 22.7 Å². The van der Waals surface area contributed by atoms with Crippen molar-refractivity contribution in [2.24, 2.45) is 7.05 Å². The molecule has 6 heteroatoms. The van der Waals surface area contributed by atoms with Crippen molar-refractivity contribution in [2.75, 3.05) is 11.9 Å². The van der Waals surface area contributed by atoms with Crippen molar-refractivity contribution in [1.29, 1.82) is 0 Å². The fourth-order valence-corrected chi connectivity index (χ4v) is 2.47. The fraction of sp³-hybridized carbons (Fsp3) is 0.412. The van der Waals surface area contributed by atoms with Crippen LogP contribution in [0.4, 0.5) is 10.6 Å². The molecule has 0 saturated carbocycles. The number of rotatable bonds is 7. The van der Waals surface area contributed by atoms with Crippen LogP contribution in [0.3, 0.4) is 0 Å². The third kappa shape index (κ3) is 4.82. The molecule has 1 aromatic heterocycles. The van der Waals surface area contributed by atoms with E-state index in [1.54, 1.807) is 11.7 Å². The SMILES string of the molecule is CCCc1cc(NC(=O)N[C@H](CCO)c2ccccc2)n(C)n1. The van der Waals surface area contributed by atoms with Crippen molar-refractivity contribution >= 4 is 11.8 Å². The quantitative estimate of drug-likeness (QED) is 0.734. The molecule has 1 aromatic carbocycles. The number of nitrogens with zero attached hydrogens (tertiary/aromatic N) is 2. The number of benzene rings is 1. The standard InChI is InChI=1S/C17H24N4O2/c1-3-7-14-12-16(21(2)20-14)19-17(23)18-15(10-11-22)13-8-5-4-6-9-13/h4-6,8-9,12,15,22H,3,7,10-11H2,1-2H3,(H2,18,19,23)/t15-/m1/s1. The van der Waals surface area contributed by atoms with E-state index in [0.29, 0.717) is 12.2 Å². The van der Waals surface area contributed by atoms with Crippen molar-refractivity contribution in [3.8, 4) is 0 Å². The van der Waals surface area contributed by atoms with Crippen molar-refractivity contribution in [3.05, 3.63) is 47.7 Å². The van der Waals surface area contributed by atoms with Gasteiger partial charge >= 0.3 is 6.03 Å². The molecule has 6 nitrogen and oxygen atoms in total. The molecule has 0 aliphatic rings. The van der Waals surface area contributed by atoms with Gasteiger partial charge in [-0.15, -0.1) is 0 Å². The lowest BCUT2D eigenvalue weighted by Gasteiger charge is -2.18. The van der Waals surface area contributed by atoms with Crippen molar-refractivity contribution in [1.82, 2.24) is 15.1 Å². The van der Waals surface area contributed by atoms with Gasteiger partial charge in [0.1, 0.15) is 5.82 Å². The Morgan fingerprint density at radius 1 is 1.35 bits per heavy atom. The Morgan fingerprint density at radius 2 is 2.09 bits per heavy atom. The largest absolute Gasteiger partial charge is 0.396 e. The molecule has 0 bridgehead atoms. The lowest BCUT2D eigenvalue weighted by atomic mass is 10.0. The Hall–Kier alpha value is -2.34. The third-order valence-electron chi connectivity index (χ3n) is 3.60. The Bertz CT molecular complexity index is 625. The summed E-state index contributed by atoms with van der Waals surface area (Å²) in [4.78, 5) is 12.2. The van der Waals surface area contributed by atoms with Crippen LogP contribution in [0, 0.1) is 0 Å². The average Bonchev–Trinajstić information content (AvgIpc) is 2.87. The van der Waals surface area contributed by atoms with Gasteiger partial charge in [0, 0.05) is 19.7 Å². The third-order valence-corrected chi connectivity index (χ3v) is 3.60. The minimum atomic E-state index is -0.307. The first kappa shape index (κ1) is 17.0. The maximum absolute atomic E-state index is 12.2. The summed E-state index contributed by atoms with van der Waals surface area (Å²) in [6.07, 6.45) is 2.35. The van der Waals surface area contributed by atoms with E-state index < -0.39 is 0 Å². The average molecular weight is 316 g/mol. The Morgan fingerprint density at radius 3 is 2.74 bits per heavy atom. The predicted molar refractivity (Wildman–Crippen MR) is 90.2 cm³/mol. The summed E-state index contributed by atoms with van der Waals surface area (Å²) in [5, 5.41) is 19.3. The molecule has 0 aliphatic heterocycles. The van der Waals surface area contributed by atoms with Crippen LogP contribution in [0.5, 0.6) is 0 Å². The Labute approximate surface area is 136 Å². The predicted octanol–water partition coefficient (Wildman–Crippen LogP) is 2.62. The summed E-state index contributed by atoms with van der Waals surface area (Å²) in [6.45, 7) is 2.10. The number of amides is 2. The summed E-state index contributed by atoms with van der Waals surface area (Å²) in [6, 6.07) is 11.0. The second-order valence-electron chi connectivity index (χ2n) is 5.47. The number of aryl methyl sites for hydroxylation is 2. The minimum Gasteiger partial charge on any atom is -0.396 e. The molecule has 0 unspecified atom stereocenters. The van der Waals surface area contributed by atoms with Crippen molar-refractivity contribution in [2.45, 2.75) is 32.2 Å². The first-order chi connectivity index (χ1) is 11.1. The molecule has 0 saturated heterocycles. The molecular formula is C17H24N4O2. The monoisotopic (exact) mass is 316 g/mol. The van der Waals surface area contributed by atoms with Crippen molar-refractivity contribution < 1.29 is 9.90 Å². The lowest BCUT2D eigenvalue weighted by Crippen LogP contribution is -2.33. The van der Waals surface area contributed by atoms with Crippen LogP contribution in [0.25, 0.3) is 0 Å². The zero-order valence-corrected chi connectivity index (χ0v) is 13.6. The zero-order valence-electron chi connectivity index (χ0n) is 13.6. The van der Waals surface area contributed by atoms with Gasteiger partial charge in [0.05, 0.1) is 11.7 Å². The minimum absolute atomic E-state index is 0.00615. The molecule has 0 aliphatic carbocycles. The Kier molecular flexibility index (Phi) is 6.17. The topological polar surface area (TPSA) is 79.2 Å². The van der Waals surface area contributed by atoms with Gasteiger partial charge in [-0.1, -0.05) is 43.7 Å². The smallest absolute Gasteiger partial charge is 0.320 e. The molecule has 2 rings (SSSR count). The molecule has 124 valence electrons. The number of aliphatic hydroxyl groups is 1. The highest BCUT2D eigenvalue weighted by Crippen LogP contribution is 2.17. The van der Waals surface area contributed by atoms with Gasteiger partial charge in [-0.3, -0.25) is 10.00 Å². The molecule has 23 heavy (non-hydrogen) atoms. The summed E-state index contributed by atoms with van der Waals surface area (Å²) < 4.78 is 1.66. The molecule has 0 radical (unpaired) electrons. The van der Waals surface area contributed by atoms with Crippen LogP contribution in [0.2, 0.25) is 0 Å². The van der Waals surface area contributed by atoms with Gasteiger partial charge in [-0.05, 0) is 18.4 Å². The van der Waals surface area contributed by atoms with Crippen LogP contribution >= 0.6 is 0 Å². The number of aliphatic hydroxyl groups excluding tert-OH is 1. The highest BCUT2D eigenvalue weighted by atomic mass is 16.3. The number of hydrogen-bond acceptors (Lipinski definition) is 3. The van der Waals surface area contributed by atoms with E-state index in [4.69, 9.17) is 0 Å². The first-order valence-electron chi connectivity index (χ1n) is 7.90. The van der Waals surface area contributed by atoms with Gasteiger partial charge in [-0.2, -0.15) is 5.10 Å². The molecule has 2 amide bonds. The van der Waals surface area contributed by atoms with E-state index in [0.717, 1.165) is 24.1 Å². The lowest BCUT2D eigenvalue weighted by molar-refractivity contribution is 0.239. The highest BCUT2D eigenvalue weighted by molar-refractivity contribution is 5.88. The van der Waals surface area contributed by atoms with E-state index in [-0.39, 0.29) is 18.7 Å². The number of anilines is 1. The summed E-state index contributed by atoms with van der Waals surface area (Å²) in [5.41, 5.74) is 1.92. The van der Waals surface area contributed by atoms with Gasteiger partial charge in [-0.25, -0.2) is 4.79 Å². The van der Waals surface area contributed by atoms with Gasteiger partial charge in [0.2, 0.25) is 0 Å². The van der Waals surface area contributed by atoms with Crippen molar-refractivity contribution in [3.63, 3.8) is 0 Å². The first-order valence-corrected chi connectivity index (χ1v) is 7.90. The molecule has 0 spiro atoms. The van der Waals surface area contributed by atoms with Gasteiger partial charge in [0.15, 0.2) is 0 Å². The van der Waals surface area contributed by atoms with E-state index in [1.807, 2.05) is 36.4 Å². The zero-order chi connectivity index (χ0) is 16.7. The Balaban J connectivity index is 2.02. The van der Waals surface area contributed by atoms with Crippen LogP contribution in [-0.4, -0.2) is 27.5 Å². The number of carbonyl (C=O) groups excluding carboxylic acids is 1. The van der Waals surface area contributed by atoms with Gasteiger partial charge in [0.25, 0.3) is 0 Å². The summed E-state index contributed by atoms with van der Waals surface area (Å²) in [5.74, 6) is 0.654. The van der Waals surface area contributed by atoms with Crippen LogP contribution in [0.1, 0.15) is 37.1 Å². The molecule has 0 fully saturated rings. The molecule has 3 N–H and O–H groups in total. The second kappa shape index (κ2) is 8.33. The number of aromatic nitrogens is 2. The maximum atomic E-state index is 12.2. The number of nitrogens with one attached hydrogen (secondary N) is 2. The normalized spacial score (nSPS) is 12.0. The van der Waals surface area contributed by atoms with E-state index in [1.165, 1.54) is 0 Å². The molecule has 1 atom stereocenters. The van der Waals surface area contributed by atoms with Crippen LogP contribution < -0.4 is 10.6 Å². The summed E-state index contributed by atoms with van der Waals surface area (Å²) >= 11 is 0. The van der Waals surface area contributed by atoms with E-state index in [9.17, 15) is 9.90 Å². The second-order valence-corrected chi connectivity index (χ2v) is 5.47. The van der Waals surface area contributed by atoms with Crippen LogP contribution in [0.15, 0.2) is 36.4 Å². The highest BCUT2D eigenvalue weighted by Gasteiger charge is 2.15. The fourth-order valence-electron chi connectivity index (χ4n) is 2.47. The molecule has 2 aromatic rings. The van der Waals surface area contributed by atoms with Crippen LogP contribution in [-0.2, 0) is 13.5 Å².